The molecular weight excluding hydrogens is 190 g/mol. The van der Waals surface area contributed by atoms with Gasteiger partial charge in [0.15, 0.2) is 0 Å². The van der Waals surface area contributed by atoms with E-state index in [9.17, 15) is 5.11 Å². The molecule has 2 N–H and O–H groups in total. The lowest BCUT2D eigenvalue weighted by atomic mass is 9.85. The number of aryl methyl sites for hydroxylation is 1. The van der Waals surface area contributed by atoms with E-state index in [-0.39, 0.29) is 6.10 Å². The summed E-state index contributed by atoms with van der Waals surface area (Å²) in [6, 6.07) is 6.04. The largest absolute Gasteiger partial charge is 0.508 e. The Balaban J connectivity index is 2.01. The quantitative estimate of drug-likeness (QED) is 0.672. The number of rotatable bonds is 0. The average Bonchev–Trinajstić information content (AvgIpc) is 2.29. The number of benzene rings is 1. The fraction of sp³-hybridized carbons (Fsp3) is 0.500. The van der Waals surface area contributed by atoms with Crippen LogP contribution in [0.25, 0.3) is 0 Å². The highest BCUT2D eigenvalue weighted by molar-refractivity contribution is 5.39. The van der Waals surface area contributed by atoms with Gasteiger partial charge < -0.3 is 15.2 Å². The van der Waals surface area contributed by atoms with Gasteiger partial charge in [-0.25, -0.2) is 0 Å². The summed E-state index contributed by atoms with van der Waals surface area (Å²) in [5.74, 6) is 0.337. The van der Waals surface area contributed by atoms with Crippen molar-refractivity contribution in [1.82, 2.24) is 5.32 Å². The average molecular weight is 205 g/mol. The molecule has 1 aromatic rings. The molecule has 3 rings (SSSR count). The summed E-state index contributed by atoms with van der Waals surface area (Å²) in [4.78, 5) is 0. The Hall–Kier alpha value is -1.06. The number of nitrogens with one attached hydrogen (secondary N) is 1. The van der Waals surface area contributed by atoms with Gasteiger partial charge in [0, 0.05) is 12.6 Å². The van der Waals surface area contributed by atoms with E-state index in [0.29, 0.717) is 11.8 Å². The van der Waals surface area contributed by atoms with Gasteiger partial charge in [-0.05, 0) is 36.1 Å². The molecule has 1 aromatic carbocycles. The third kappa shape index (κ3) is 1.52. The van der Waals surface area contributed by atoms with Crippen molar-refractivity contribution in [2.24, 2.45) is 0 Å². The monoisotopic (exact) mass is 205 g/mol. The molecule has 3 heteroatoms. The van der Waals surface area contributed by atoms with Gasteiger partial charge >= 0.3 is 0 Å². The van der Waals surface area contributed by atoms with Crippen LogP contribution < -0.4 is 5.32 Å². The zero-order valence-electron chi connectivity index (χ0n) is 8.57. The van der Waals surface area contributed by atoms with Gasteiger partial charge in [-0.2, -0.15) is 0 Å². The first-order chi connectivity index (χ1) is 7.34. The number of phenolic OH excluding ortho intramolecular Hbond substituents is 1. The van der Waals surface area contributed by atoms with E-state index in [2.05, 4.69) is 5.32 Å². The summed E-state index contributed by atoms with van der Waals surface area (Å²) in [6.45, 7) is 1.70. The Kier molecular flexibility index (Phi) is 2.15. The molecule has 0 spiro atoms. The smallest absolute Gasteiger partial charge is 0.115 e. The topological polar surface area (TPSA) is 41.5 Å². The minimum Gasteiger partial charge on any atom is -0.508 e. The van der Waals surface area contributed by atoms with Gasteiger partial charge in [0.25, 0.3) is 0 Å². The minimum absolute atomic E-state index is 0.134. The van der Waals surface area contributed by atoms with Crippen LogP contribution in [0.15, 0.2) is 18.2 Å². The number of hydrogen-bond acceptors (Lipinski definition) is 3. The number of aromatic hydroxyl groups is 1. The zero-order chi connectivity index (χ0) is 10.3. The van der Waals surface area contributed by atoms with Crippen molar-refractivity contribution in [2.75, 3.05) is 13.2 Å². The highest BCUT2D eigenvalue weighted by Crippen LogP contribution is 2.35. The fourth-order valence-corrected chi connectivity index (χ4v) is 2.60. The molecule has 1 fully saturated rings. The summed E-state index contributed by atoms with van der Waals surface area (Å²) in [5.41, 5.74) is 2.48. The lowest BCUT2D eigenvalue weighted by Gasteiger charge is -2.37. The van der Waals surface area contributed by atoms with E-state index in [4.69, 9.17) is 4.74 Å². The van der Waals surface area contributed by atoms with Crippen molar-refractivity contribution in [3.63, 3.8) is 0 Å². The molecule has 1 heterocycles. The van der Waals surface area contributed by atoms with Crippen LogP contribution in [-0.4, -0.2) is 24.3 Å². The van der Waals surface area contributed by atoms with E-state index >= 15 is 0 Å². The van der Waals surface area contributed by atoms with Crippen molar-refractivity contribution >= 4 is 0 Å². The summed E-state index contributed by atoms with van der Waals surface area (Å²) in [6.07, 6.45) is 2.34. The first-order valence-corrected chi connectivity index (χ1v) is 5.51. The Morgan fingerprint density at radius 2 is 2.33 bits per heavy atom. The normalized spacial score (nSPS) is 29.3. The molecule has 2 atom stereocenters. The van der Waals surface area contributed by atoms with Crippen LogP contribution in [0.1, 0.15) is 23.7 Å². The van der Waals surface area contributed by atoms with Crippen molar-refractivity contribution < 1.29 is 9.84 Å². The fourth-order valence-electron chi connectivity index (χ4n) is 2.60. The Morgan fingerprint density at radius 3 is 3.27 bits per heavy atom. The second-order valence-corrected chi connectivity index (χ2v) is 4.27. The highest BCUT2D eigenvalue weighted by atomic mass is 16.5. The van der Waals surface area contributed by atoms with Gasteiger partial charge in [0.2, 0.25) is 0 Å². The third-order valence-electron chi connectivity index (χ3n) is 3.33. The molecule has 3 nitrogen and oxygen atoms in total. The van der Waals surface area contributed by atoms with Gasteiger partial charge in [0.1, 0.15) is 5.75 Å². The second-order valence-electron chi connectivity index (χ2n) is 4.27. The first-order valence-electron chi connectivity index (χ1n) is 5.51. The molecule has 1 aliphatic heterocycles. The predicted octanol–water partition coefficient (Wildman–Crippen LogP) is 1.37. The van der Waals surface area contributed by atoms with E-state index in [0.717, 1.165) is 26.0 Å². The zero-order valence-corrected chi connectivity index (χ0v) is 8.57. The molecule has 80 valence electrons. The molecule has 1 aliphatic carbocycles. The molecule has 0 amide bonds. The van der Waals surface area contributed by atoms with Crippen molar-refractivity contribution in [3.05, 3.63) is 29.3 Å². The molecule has 0 bridgehead atoms. The molecule has 0 saturated carbocycles. The molecule has 0 unspecified atom stereocenters. The van der Waals surface area contributed by atoms with Gasteiger partial charge in [-0.3, -0.25) is 0 Å². The Bertz CT molecular complexity index is 378. The lowest BCUT2D eigenvalue weighted by molar-refractivity contribution is -0.0128. The van der Waals surface area contributed by atoms with Crippen LogP contribution in [-0.2, 0) is 11.2 Å². The lowest BCUT2D eigenvalue weighted by Crippen LogP contribution is -2.45. The first kappa shape index (κ1) is 9.19. The number of ether oxygens (including phenoxy) is 1. The van der Waals surface area contributed by atoms with E-state index in [1.807, 2.05) is 12.1 Å². The molecule has 0 aromatic heterocycles. The predicted molar refractivity (Wildman–Crippen MR) is 56.9 cm³/mol. The van der Waals surface area contributed by atoms with Crippen LogP contribution in [0.2, 0.25) is 0 Å². The SMILES string of the molecule is Oc1ccc2c(c1)[C@H]1OCCN[C@@H]1CC2. The number of hydrogen-bond donors (Lipinski definition) is 2. The summed E-state index contributed by atoms with van der Waals surface area (Å²) >= 11 is 0. The maximum atomic E-state index is 9.50. The summed E-state index contributed by atoms with van der Waals surface area (Å²) in [7, 11) is 0. The van der Waals surface area contributed by atoms with Gasteiger partial charge in [-0.1, -0.05) is 6.07 Å². The Morgan fingerprint density at radius 1 is 1.40 bits per heavy atom. The van der Waals surface area contributed by atoms with Gasteiger partial charge in [0.05, 0.1) is 12.7 Å². The molecule has 2 aliphatic rings. The molecular formula is C12H15NO2. The second kappa shape index (κ2) is 3.51. The molecule has 1 saturated heterocycles. The van der Waals surface area contributed by atoms with Crippen LogP contribution in [0.4, 0.5) is 0 Å². The molecule has 15 heavy (non-hydrogen) atoms. The Labute approximate surface area is 89.1 Å². The van der Waals surface area contributed by atoms with Crippen LogP contribution in [0, 0.1) is 0 Å². The highest BCUT2D eigenvalue weighted by Gasteiger charge is 2.32. The van der Waals surface area contributed by atoms with Crippen molar-refractivity contribution in [1.29, 1.82) is 0 Å². The van der Waals surface area contributed by atoms with E-state index in [1.165, 1.54) is 11.1 Å². The number of morpholine rings is 1. The number of fused-ring (bicyclic) bond motifs is 3. The molecule has 0 radical (unpaired) electrons. The minimum atomic E-state index is 0.134. The van der Waals surface area contributed by atoms with Gasteiger partial charge in [-0.15, -0.1) is 0 Å². The van der Waals surface area contributed by atoms with Crippen LogP contribution in [0.3, 0.4) is 0 Å². The van der Waals surface area contributed by atoms with Crippen LogP contribution >= 0.6 is 0 Å². The summed E-state index contributed by atoms with van der Waals surface area (Å²) < 4.78 is 5.79. The third-order valence-corrected chi connectivity index (χ3v) is 3.33. The van der Waals surface area contributed by atoms with Crippen molar-refractivity contribution in [3.8, 4) is 5.75 Å². The van der Waals surface area contributed by atoms with Crippen LogP contribution in [0.5, 0.6) is 5.75 Å². The van der Waals surface area contributed by atoms with Crippen molar-refractivity contribution in [2.45, 2.75) is 25.0 Å². The summed E-state index contributed by atoms with van der Waals surface area (Å²) in [5, 5.41) is 13.0. The van der Waals surface area contributed by atoms with E-state index in [1.54, 1.807) is 6.07 Å². The van der Waals surface area contributed by atoms with E-state index < -0.39 is 0 Å². The standard InChI is InChI=1S/C12H15NO2/c14-9-3-1-8-2-4-11-12(10(8)7-9)15-6-5-13-11/h1,3,7,11-14H,2,4-6H2/t11-,12-/m1/s1. The maximum absolute atomic E-state index is 9.50. The number of phenols is 1. The maximum Gasteiger partial charge on any atom is 0.115 e.